The highest BCUT2D eigenvalue weighted by Gasteiger charge is 2.13. The summed E-state index contributed by atoms with van der Waals surface area (Å²) >= 11 is 0. The van der Waals surface area contributed by atoms with Crippen LogP contribution >= 0.6 is 0 Å². The van der Waals surface area contributed by atoms with E-state index in [1.807, 2.05) is 36.0 Å². The average Bonchev–Trinajstić information content (AvgIpc) is 2.22. The molecule has 2 heteroatoms. The maximum Gasteiger partial charge on any atom is 0.254 e. The summed E-state index contributed by atoms with van der Waals surface area (Å²) < 4.78 is 1.96. The fourth-order valence-corrected chi connectivity index (χ4v) is 1.96. The molecular formula is C13H16NO+. The zero-order valence-electron chi connectivity index (χ0n) is 9.20. The van der Waals surface area contributed by atoms with Crippen molar-refractivity contribution in [2.75, 3.05) is 0 Å². The van der Waals surface area contributed by atoms with E-state index in [2.05, 4.69) is 13.0 Å². The van der Waals surface area contributed by atoms with Gasteiger partial charge >= 0.3 is 0 Å². The van der Waals surface area contributed by atoms with E-state index in [4.69, 9.17) is 0 Å². The summed E-state index contributed by atoms with van der Waals surface area (Å²) in [5.74, 6) is 0.428. The lowest BCUT2D eigenvalue weighted by Crippen LogP contribution is -2.28. The van der Waals surface area contributed by atoms with Crippen molar-refractivity contribution in [1.82, 2.24) is 0 Å². The molecule has 0 saturated heterocycles. The highest BCUT2D eigenvalue weighted by atomic mass is 16.3. The monoisotopic (exact) mass is 202 g/mol. The predicted molar refractivity (Wildman–Crippen MR) is 60.8 cm³/mol. The first kappa shape index (κ1) is 9.97. The van der Waals surface area contributed by atoms with Gasteiger partial charge in [-0.25, -0.2) is 0 Å². The summed E-state index contributed by atoms with van der Waals surface area (Å²) in [5, 5.41) is 11.2. The Morgan fingerprint density at radius 3 is 2.80 bits per heavy atom. The van der Waals surface area contributed by atoms with Crippen molar-refractivity contribution in [2.24, 2.45) is 7.05 Å². The minimum Gasteiger partial charge on any atom is -0.502 e. The summed E-state index contributed by atoms with van der Waals surface area (Å²) in [6, 6.07) is 8.09. The second-order valence-electron chi connectivity index (χ2n) is 3.88. The van der Waals surface area contributed by atoms with Crippen molar-refractivity contribution >= 4 is 10.9 Å². The third-order valence-corrected chi connectivity index (χ3v) is 2.72. The number of pyridine rings is 1. The molecule has 2 rings (SSSR count). The van der Waals surface area contributed by atoms with Gasteiger partial charge < -0.3 is 5.11 Å². The summed E-state index contributed by atoms with van der Waals surface area (Å²) in [5.41, 5.74) is 1.95. The first-order chi connectivity index (χ1) is 7.24. The molecule has 0 atom stereocenters. The molecule has 0 saturated carbocycles. The lowest BCUT2D eigenvalue weighted by atomic mass is 10.1. The Balaban J connectivity index is 2.71. The lowest BCUT2D eigenvalue weighted by Gasteiger charge is -2.04. The van der Waals surface area contributed by atoms with Gasteiger partial charge in [0, 0.05) is 11.6 Å². The SMILES string of the molecule is CCCc1ccc2ccc[n+](C)c2c1O. The van der Waals surface area contributed by atoms with E-state index in [0.29, 0.717) is 5.75 Å². The van der Waals surface area contributed by atoms with Gasteiger partial charge in [-0.3, -0.25) is 0 Å². The summed E-state index contributed by atoms with van der Waals surface area (Å²) in [6.07, 6.45) is 3.93. The van der Waals surface area contributed by atoms with Crippen LogP contribution in [0.3, 0.4) is 0 Å². The molecule has 1 heterocycles. The van der Waals surface area contributed by atoms with Crippen LogP contribution in [0.5, 0.6) is 5.75 Å². The van der Waals surface area contributed by atoms with E-state index in [1.165, 1.54) is 0 Å². The first-order valence-corrected chi connectivity index (χ1v) is 5.33. The largest absolute Gasteiger partial charge is 0.502 e. The Morgan fingerprint density at radius 2 is 2.07 bits per heavy atom. The number of hydrogen-bond donors (Lipinski definition) is 1. The van der Waals surface area contributed by atoms with Crippen molar-refractivity contribution in [3.05, 3.63) is 36.0 Å². The molecule has 0 unspecified atom stereocenters. The third kappa shape index (κ3) is 1.67. The molecule has 2 nitrogen and oxygen atoms in total. The number of aryl methyl sites for hydroxylation is 2. The molecule has 1 aromatic carbocycles. The van der Waals surface area contributed by atoms with E-state index < -0.39 is 0 Å². The fraction of sp³-hybridized carbons (Fsp3) is 0.308. The van der Waals surface area contributed by atoms with Gasteiger partial charge in [0.25, 0.3) is 5.52 Å². The number of rotatable bonds is 2. The van der Waals surface area contributed by atoms with Crippen LogP contribution in [0, 0.1) is 0 Å². The van der Waals surface area contributed by atoms with Gasteiger partial charge in [0.15, 0.2) is 11.9 Å². The van der Waals surface area contributed by atoms with Gasteiger partial charge in [0.2, 0.25) is 0 Å². The van der Waals surface area contributed by atoms with Crippen LogP contribution in [0.15, 0.2) is 30.5 Å². The molecule has 0 aliphatic rings. The molecule has 0 amide bonds. The van der Waals surface area contributed by atoms with Crippen molar-refractivity contribution in [1.29, 1.82) is 0 Å². The number of hydrogen-bond acceptors (Lipinski definition) is 1. The Bertz CT molecular complexity index is 491. The summed E-state index contributed by atoms with van der Waals surface area (Å²) in [4.78, 5) is 0. The number of nitrogens with zero attached hydrogens (tertiary/aromatic N) is 1. The van der Waals surface area contributed by atoms with Crippen LogP contribution < -0.4 is 4.57 Å². The van der Waals surface area contributed by atoms with E-state index in [-0.39, 0.29) is 0 Å². The number of aromatic hydroxyl groups is 1. The number of phenolic OH excluding ortho intramolecular Hbond substituents is 1. The van der Waals surface area contributed by atoms with Crippen molar-refractivity contribution in [3.8, 4) is 5.75 Å². The van der Waals surface area contributed by atoms with E-state index >= 15 is 0 Å². The zero-order valence-corrected chi connectivity index (χ0v) is 9.20. The molecule has 0 radical (unpaired) electrons. The summed E-state index contributed by atoms with van der Waals surface area (Å²) in [6.45, 7) is 2.12. The van der Waals surface area contributed by atoms with Crippen molar-refractivity contribution < 1.29 is 9.67 Å². The molecule has 1 aromatic heterocycles. The zero-order chi connectivity index (χ0) is 10.8. The van der Waals surface area contributed by atoms with Crippen molar-refractivity contribution in [3.63, 3.8) is 0 Å². The third-order valence-electron chi connectivity index (χ3n) is 2.72. The van der Waals surface area contributed by atoms with Crippen LogP contribution in [0.2, 0.25) is 0 Å². The van der Waals surface area contributed by atoms with Crippen LogP contribution in [-0.2, 0) is 13.5 Å². The first-order valence-electron chi connectivity index (χ1n) is 5.33. The van der Waals surface area contributed by atoms with Gasteiger partial charge in [-0.1, -0.05) is 19.4 Å². The van der Waals surface area contributed by atoms with Crippen LogP contribution in [0.4, 0.5) is 0 Å². The van der Waals surface area contributed by atoms with E-state index in [0.717, 1.165) is 29.3 Å². The van der Waals surface area contributed by atoms with Crippen LogP contribution in [0.25, 0.3) is 10.9 Å². The normalized spacial score (nSPS) is 10.8. The van der Waals surface area contributed by atoms with Gasteiger partial charge in [-0.15, -0.1) is 0 Å². The Labute approximate surface area is 89.8 Å². The van der Waals surface area contributed by atoms with Crippen LogP contribution in [0.1, 0.15) is 18.9 Å². The standard InChI is InChI=1S/C13H15NO/c1-3-5-11-8-7-10-6-4-9-14(2)12(10)13(11)15/h4,6-9H,3,5H2,1-2H3/p+1. The number of aromatic nitrogens is 1. The molecule has 2 aromatic rings. The van der Waals surface area contributed by atoms with Gasteiger partial charge in [-0.2, -0.15) is 4.57 Å². The Hall–Kier alpha value is -1.57. The minimum atomic E-state index is 0.428. The van der Waals surface area contributed by atoms with Gasteiger partial charge in [0.1, 0.15) is 7.05 Å². The molecule has 1 N–H and O–H groups in total. The maximum atomic E-state index is 10.1. The van der Waals surface area contributed by atoms with E-state index in [1.54, 1.807) is 0 Å². The van der Waals surface area contributed by atoms with Crippen molar-refractivity contribution in [2.45, 2.75) is 19.8 Å². The second-order valence-corrected chi connectivity index (χ2v) is 3.88. The molecule has 0 bridgehead atoms. The predicted octanol–water partition coefficient (Wildman–Crippen LogP) is 2.32. The molecular weight excluding hydrogens is 186 g/mol. The Morgan fingerprint density at radius 1 is 1.27 bits per heavy atom. The minimum absolute atomic E-state index is 0.428. The van der Waals surface area contributed by atoms with Gasteiger partial charge in [-0.05, 0) is 18.6 Å². The Kier molecular flexibility index (Phi) is 2.58. The number of fused-ring (bicyclic) bond motifs is 1. The van der Waals surface area contributed by atoms with Gasteiger partial charge in [0.05, 0.1) is 5.39 Å². The molecule has 0 spiro atoms. The smallest absolute Gasteiger partial charge is 0.254 e. The molecule has 0 aliphatic heterocycles. The maximum absolute atomic E-state index is 10.1. The quantitative estimate of drug-likeness (QED) is 0.742. The number of phenols is 1. The molecule has 15 heavy (non-hydrogen) atoms. The molecule has 78 valence electrons. The fourth-order valence-electron chi connectivity index (χ4n) is 1.96. The lowest BCUT2D eigenvalue weighted by molar-refractivity contribution is -0.645. The topological polar surface area (TPSA) is 24.1 Å². The number of benzene rings is 1. The second kappa shape index (κ2) is 3.89. The molecule has 0 fully saturated rings. The van der Waals surface area contributed by atoms with E-state index in [9.17, 15) is 5.11 Å². The highest BCUT2D eigenvalue weighted by Crippen LogP contribution is 2.26. The van der Waals surface area contributed by atoms with Crippen LogP contribution in [-0.4, -0.2) is 5.11 Å². The average molecular weight is 202 g/mol. The molecule has 0 aliphatic carbocycles. The highest BCUT2D eigenvalue weighted by molar-refractivity contribution is 5.82. The summed E-state index contributed by atoms with van der Waals surface area (Å²) in [7, 11) is 1.96.